The zero-order valence-electron chi connectivity index (χ0n) is 56.6. The molecule has 0 aliphatic carbocycles. The summed E-state index contributed by atoms with van der Waals surface area (Å²) in [4.78, 5) is 114. The second-order valence-electron chi connectivity index (χ2n) is 24.3. The van der Waals surface area contributed by atoms with Crippen molar-refractivity contribution in [3.8, 4) is 0 Å². The Morgan fingerprint density at radius 2 is 0.659 bits per heavy atom. The van der Waals surface area contributed by atoms with Gasteiger partial charge in [0, 0.05) is 51.4 Å². The maximum atomic E-state index is 14.7. The third kappa shape index (κ3) is 31.5. The first kappa shape index (κ1) is 82.6. The van der Waals surface area contributed by atoms with Crippen LogP contribution in [-0.2, 0) is 90.5 Å². The number of carbonyl (C=O) groups is 8. The number of hydrogen-bond donors (Lipinski definition) is 4. The van der Waals surface area contributed by atoms with Crippen LogP contribution in [0.5, 0.6) is 0 Å². The summed E-state index contributed by atoms with van der Waals surface area (Å²) in [6.07, 6.45) is -9.92. The maximum absolute atomic E-state index is 14.7. The van der Waals surface area contributed by atoms with Gasteiger partial charge in [0.05, 0.1) is 6.61 Å². The second-order valence-corrected chi connectivity index (χ2v) is 24.3. The molecule has 2 fully saturated rings. The molecule has 0 aromatic rings. The molecule has 91 heavy (non-hydrogen) atoms. The predicted molar refractivity (Wildman–Crippen MR) is 335 cm³/mol. The molecule has 2 heterocycles. The van der Waals surface area contributed by atoms with Crippen LogP contribution >= 0.6 is 0 Å². The maximum Gasteiger partial charge on any atom is 0.306 e. The van der Waals surface area contributed by atoms with Gasteiger partial charge in [-0.15, -0.1) is 0 Å². The van der Waals surface area contributed by atoms with Crippen LogP contribution in [0.25, 0.3) is 0 Å². The molecule has 0 aromatic carbocycles. The predicted octanol–water partition coefficient (Wildman–Crippen LogP) is 10.7. The van der Waals surface area contributed by atoms with Crippen molar-refractivity contribution in [1.29, 1.82) is 0 Å². The molecule has 0 radical (unpaired) electrons. The normalized spacial score (nSPS) is 23.2. The Kier molecular flexibility index (Phi) is 44.5. The van der Waals surface area contributed by atoms with Crippen LogP contribution in [0, 0.1) is 0 Å². The summed E-state index contributed by atoms with van der Waals surface area (Å²) in [5, 5.41) is 47.2. The van der Waals surface area contributed by atoms with Crippen LogP contribution in [0.3, 0.4) is 0 Å². The summed E-state index contributed by atoms with van der Waals surface area (Å²) < 4.78 is 70.1. The SMILES string of the molecule is CCCCCCCC(=O)O[C@@H]1[C@H](O[C@]2(C(O)[C@H](O)[C@@H](O)CO)O[C@H](COC(=O)CCCCC)[C@@H](OC(=O)CCCCC)[C@H](OC(=O)CCCCC)[C@@H]2OC(=O)CCCCCCC)O[C@H](COC(=O)CCCCC)[C@@H](OC(=O)CCCCC)[C@@H]1OC(=O)CCCCC. The molecule has 1 unspecified atom stereocenters. The van der Waals surface area contributed by atoms with E-state index < -0.39 is 147 Å². The smallest absolute Gasteiger partial charge is 0.306 e. The van der Waals surface area contributed by atoms with Gasteiger partial charge in [0.25, 0.3) is 0 Å². The Hall–Kier alpha value is -4.52. The average Bonchev–Trinajstić information content (AvgIpc) is 0.788. The Bertz CT molecular complexity index is 2040. The largest absolute Gasteiger partial charge is 0.463 e. The average molecular weight is 1300 g/mol. The first-order valence-corrected chi connectivity index (χ1v) is 35.0. The van der Waals surface area contributed by atoms with Gasteiger partial charge in [0.2, 0.25) is 12.1 Å². The molecule has 528 valence electrons. The highest BCUT2D eigenvalue weighted by Gasteiger charge is 2.68. The number of aliphatic hydroxyl groups is 4. The van der Waals surface area contributed by atoms with Crippen LogP contribution < -0.4 is 0 Å². The van der Waals surface area contributed by atoms with Gasteiger partial charge in [0.1, 0.15) is 43.7 Å². The standard InChI is InChI=1S/C68H118O23/c1-9-17-25-27-35-43-57(77)88-64-62(86-55(75)41-33-23-15-7)60(84-53(73)39-31-21-13-5)49(46-81-51(71)37-29-19-11-3)83-67(64)91-68(65(80)59(79)48(70)45-69)66(89-58(78)44-36-28-26-18-10-2)63(87-56(76)42-34-24-16-8)61(85-54(74)40-32-22-14-6)50(90-68)47-82-52(72)38-30-20-12-4/h48-50,59-67,69-70,79-80H,9-47H2,1-8H3/t48-,49+,50+,59+,60+,61+,62-,63-,64-,65?,66-,67-,68-/m0/s1. The van der Waals surface area contributed by atoms with Crippen LogP contribution in [0.2, 0.25) is 0 Å². The molecule has 2 aliphatic rings. The number of rotatable bonds is 52. The van der Waals surface area contributed by atoms with Gasteiger partial charge in [-0.2, -0.15) is 0 Å². The van der Waals surface area contributed by atoms with E-state index in [0.717, 1.165) is 57.8 Å². The molecule has 0 bridgehead atoms. The molecule has 4 N–H and O–H groups in total. The van der Waals surface area contributed by atoms with Gasteiger partial charge in [-0.25, -0.2) is 0 Å². The molecule has 2 rings (SSSR count). The second kappa shape index (κ2) is 49.1. The minimum absolute atomic E-state index is 0.0381. The Labute approximate surface area is 542 Å². The van der Waals surface area contributed by atoms with Crippen molar-refractivity contribution in [3.63, 3.8) is 0 Å². The fraction of sp³-hybridized carbons (Fsp3) is 0.882. The van der Waals surface area contributed by atoms with Crippen molar-refractivity contribution in [2.24, 2.45) is 0 Å². The van der Waals surface area contributed by atoms with E-state index in [1.165, 1.54) is 0 Å². The van der Waals surface area contributed by atoms with Crippen LogP contribution in [0.1, 0.15) is 287 Å². The number of carbonyl (C=O) groups excluding carboxylic acids is 8. The number of hydrogen-bond acceptors (Lipinski definition) is 23. The number of aliphatic hydroxyl groups excluding tert-OH is 4. The minimum atomic E-state index is -3.36. The van der Waals surface area contributed by atoms with E-state index in [4.69, 9.17) is 52.1 Å². The van der Waals surface area contributed by atoms with Gasteiger partial charge >= 0.3 is 47.8 Å². The van der Waals surface area contributed by atoms with Crippen molar-refractivity contribution >= 4 is 47.8 Å². The molecule has 0 amide bonds. The number of ether oxygens (including phenoxy) is 11. The lowest BCUT2D eigenvalue weighted by atomic mass is 9.85. The Balaban J connectivity index is 3.42. The third-order valence-electron chi connectivity index (χ3n) is 16.2. The zero-order chi connectivity index (χ0) is 67.4. The van der Waals surface area contributed by atoms with Crippen molar-refractivity contribution in [2.45, 2.75) is 366 Å². The topological polar surface area (TPSA) is 319 Å². The highest BCUT2D eigenvalue weighted by atomic mass is 16.8. The summed E-state index contributed by atoms with van der Waals surface area (Å²) in [7, 11) is 0. The summed E-state index contributed by atoms with van der Waals surface area (Å²) in [6, 6.07) is 0. The monoisotopic (exact) mass is 1300 g/mol. The van der Waals surface area contributed by atoms with E-state index in [-0.39, 0.29) is 57.8 Å². The summed E-state index contributed by atoms with van der Waals surface area (Å²) >= 11 is 0. The van der Waals surface area contributed by atoms with Crippen molar-refractivity contribution in [2.75, 3.05) is 19.8 Å². The number of esters is 8. The molecule has 0 saturated carbocycles. The highest BCUT2D eigenvalue weighted by molar-refractivity contribution is 5.73. The first-order valence-electron chi connectivity index (χ1n) is 35.0. The van der Waals surface area contributed by atoms with Crippen molar-refractivity contribution in [3.05, 3.63) is 0 Å². The van der Waals surface area contributed by atoms with E-state index in [1.807, 2.05) is 55.4 Å². The molecule has 23 heteroatoms. The zero-order valence-corrected chi connectivity index (χ0v) is 56.6. The van der Waals surface area contributed by atoms with E-state index in [9.17, 15) is 58.8 Å². The van der Waals surface area contributed by atoms with Crippen LogP contribution in [-0.4, -0.2) is 167 Å². The highest BCUT2D eigenvalue weighted by Crippen LogP contribution is 2.44. The lowest BCUT2D eigenvalue weighted by Gasteiger charge is -2.55. The van der Waals surface area contributed by atoms with E-state index in [2.05, 4.69) is 0 Å². The first-order chi connectivity index (χ1) is 43.8. The van der Waals surface area contributed by atoms with Gasteiger partial charge in [-0.05, 0) is 51.4 Å². The van der Waals surface area contributed by atoms with Gasteiger partial charge in [0.15, 0.2) is 36.6 Å². The van der Waals surface area contributed by atoms with E-state index in [0.29, 0.717) is 116 Å². The minimum Gasteiger partial charge on any atom is -0.463 e. The molecular formula is C68H118O23. The molecule has 13 atom stereocenters. The molecule has 2 saturated heterocycles. The fourth-order valence-corrected chi connectivity index (χ4v) is 10.8. The quantitative estimate of drug-likeness (QED) is 0.0250. The third-order valence-corrected chi connectivity index (χ3v) is 16.2. The van der Waals surface area contributed by atoms with Gasteiger partial charge in [-0.1, -0.05) is 184 Å². The van der Waals surface area contributed by atoms with Gasteiger partial charge < -0.3 is 72.5 Å². The van der Waals surface area contributed by atoms with Crippen molar-refractivity contribution in [1.82, 2.24) is 0 Å². The fourth-order valence-electron chi connectivity index (χ4n) is 10.8. The lowest BCUT2D eigenvalue weighted by Crippen LogP contribution is -2.76. The summed E-state index contributed by atoms with van der Waals surface area (Å²) in [5.74, 6) is -10.1. The summed E-state index contributed by atoms with van der Waals surface area (Å²) in [5.41, 5.74) is 0. The van der Waals surface area contributed by atoms with Crippen LogP contribution in [0.4, 0.5) is 0 Å². The lowest BCUT2D eigenvalue weighted by molar-refractivity contribution is -0.446. The summed E-state index contributed by atoms with van der Waals surface area (Å²) in [6.45, 7) is 12.8. The molecule has 0 aromatic heterocycles. The Morgan fingerprint density at radius 1 is 0.363 bits per heavy atom. The molecular weight excluding hydrogens is 1180 g/mol. The van der Waals surface area contributed by atoms with E-state index in [1.54, 1.807) is 0 Å². The van der Waals surface area contributed by atoms with E-state index >= 15 is 0 Å². The Morgan fingerprint density at radius 3 is 1.04 bits per heavy atom. The number of unbranched alkanes of at least 4 members (excludes halogenated alkanes) is 20. The van der Waals surface area contributed by atoms with Crippen molar-refractivity contribution < 1.29 is 111 Å². The molecule has 0 spiro atoms. The molecule has 23 nitrogen and oxygen atoms in total. The molecule has 2 aliphatic heterocycles. The van der Waals surface area contributed by atoms with Crippen LogP contribution in [0.15, 0.2) is 0 Å². The van der Waals surface area contributed by atoms with Gasteiger partial charge in [-0.3, -0.25) is 38.4 Å².